The number of fused-ring (bicyclic) bond motifs is 1. The van der Waals surface area contributed by atoms with Crippen molar-refractivity contribution in [3.63, 3.8) is 0 Å². The Hall–Kier alpha value is -3.87. The Morgan fingerprint density at radius 1 is 1.04 bits per heavy atom. The van der Waals surface area contributed by atoms with Crippen molar-refractivity contribution in [1.82, 2.24) is 5.43 Å². The average Bonchev–Trinajstić information content (AvgIpc) is 2.66. The molecule has 0 heterocycles. The second-order valence-electron chi connectivity index (χ2n) is 5.67. The lowest BCUT2D eigenvalue weighted by atomic mass is 10.1. The molecule has 0 aliphatic carbocycles. The topological polar surface area (TPSA) is 108 Å². The fraction of sp³-hybridized carbons (Fsp3) is 0.0500. The molecule has 3 N–H and O–H groups in total. The van der Waals surface area contributed by atoms with Crippen LogP contribution in [0.3, 0.4) is 0 Å². The van der Waals surface area contributed by atoms with Crippen LogP contribution in [0.25, 0.3) is 10.8 Å². The number of carbonyl (C=O) groups excluding carboxylic acids is 1. The maximum Gasteiger partial charge on any atom is 0.341 e. The average molecular weight is 364 g/mol. The van der Waals surface area contributed by atoms with Crippen molar-refractivity contribution in [2.45, 2.75) is 0 Å². The Morgan fingerprint density at radius 3 is 2.37 bits per heavy atom. The first-order valence-corrected chi connectivity index (χ1v) is 8.03. The Balaban J connectivity index is 1.65. The molecule has 7 nitrogen and oxygen atoms in total. The quantitative estimate of drug-likeness (QED) is 0.460. The van der Waals surface area contributed by atoms with Crippen molar-refractivity contribution in [1.29, 1.82) is 0 Å². The van der Waals surface area contributed by atoms with Crippen LogP contribution in [0.5, 0.6) is 11.5 Å². The zero-order chi connectivity index (χ0) is 19.2. The molecule has 136 valence electrons. The largest absolute Gasteiger partial charge is 0.507 e. The second-order valence-corrected chi connectivity index (χ2v) is 5.67. The number of ether oxygens (including phenoxy) is 1. The van der Waals surface area contributed by atoms with Gasteiger partial charge >= 0.3 is 5.97 Å². The first kappa shape index (κ1) is 17.9. The van der Waals surface area contributed by atoms with Crippen LogP contribution in [0.2, 0.25) is 0 Å². The molecule has 3 aromatic rings. The third kappa shape index (κ3) is 4.60. The van der Waals surface area contributed by atoms with E-state index >= 15 is 0 Å². The number of carbonyl (C=O) groups is 2. The van der Waals surface area contributed by atoms with Crippen LogP contribution in [0.1, 0.15) is 15.9 Å². The number of hydrogen-bond donors (Lipinski definition) is 3. The number of carboxylic acid groups (broad SMARTS) is 1. The zero-order valence-corrected chi connectivity index (χ0v) is 14.1. The molecule has 0 saturated heterocycles. The molecular weight excluding hydrogens is 348 g/mol. The molecule has 0 atom stereocenters. The Kier molecular flexibility index (Phi) is 5.32. The number of nitrogens with one attached hydrogen (secondary N) is 1. The Labute approximate surface area is 154 Å². The van der Waals surface area contributed by atoms with Gasteiger partial charge in [0.25, 0.3) is 5.91 Å². The maximum absolute atomic E-state index is 12.2. The van der Waals surface area contributed by atoms with Gasteiger partial charge in [-0.15, -0.1) is 0 Å². The highest BCUT2D eigenvalue weighted by molar-refractivity contribution is 6.01. The van der Waals surface area contributed by atoms with Gasteiger partial charge in [-0.3, -0.25) is 4.79 Å². The van der Waals surface area contributed by atoms with Crippen LogP contribution in [-0.4, -0.2) is 34.9 Å². The van der Waals surface area contributed by atoms with Crippen LogP contribution < -0.4 is 10.2 Å². The van der Waals surface area contributed by atoms with Gasteiger partial charge in [-0.2, -0.15) is 5.10 Å². The molecule has 0 unspecified atom stereocenters. The number of nitrogens with zero attached hydrogens (tertiary/aromatic N) is 1. The molecule has 0 saturated carbocycles. The van der Waals surface area contributed by atoms with Gasteiger partial charge in [0.1, 0.15) is 11.5 Å². The van der Waals surface area contributed by atoms with E-state index in [0.717, 1.165) is 10.8 Å². The van der Waals surface area contributed by atoms with Crippen molar-refractivity contribution >= 4 is 28.9 Å². The SMILES string of the molecule is O=C(O)COc1ccc(C=NNC(=O)c2cc3ccccc3cc2O)cc1. The van der Waals surface area contributed by atoms with Gasteiger partial charge in [-0.25, -0.2) is 10.2 Å². The number of rotatable bonds is 6. The third-order valence-corrected chi connectivity index (χ3v) is 3.73. The summed E-state index contributed by atoms with van der Waals surface area (Å²) < 4.78 is 5.03. The summed E-state index contributed by atoms with van der Waals surface area (Å²) in [4.78, 5) is 22.7. The van der Waals surface area contributed by atoms with Crippen molar-refractivity contribution in [3.05, 3.63) is 71.8 Å². The van der Waals surface area contributed by atoms with E-state index in [1.165, 1.54) is 12.3 Å². The fourth-order valence-corrected chi connectivity index (χ4v) is 2.43. The molecule has 27 heavy (non-hydrogen) atoms. The number of amides is 1. The third-order valence-electron chi connectivity index (χ3n) is 3.73. The number of hydrazone groups is 1. The minimum atomic E-state index is -1.06. The Bertz CT molecular complexity index is 1010. The molecular formula is C20H16N2O5. The maximum atomic E-state index is 12.2. The number of aliphatic carboxylic acids is 1. The molecule has 0 spiro atoms. The molecule has 0 aliphatic rings. The minimum absolute atomic E-state index is 0.124. The molecule has 3 aromatic carbocycles. The fourth-order valence-electron chi connectivity index (χ4n) is 2.43. The number of aromatic hydroxyl groups is 1. The summed E-state index contributed by atoms with van der Waals surface area (Å²) in [7, 11) is 0. The van der Waals surface area contributed by atoms with Crippen molar-refractivity contribution in [2.24, 2.45) is 5.10 Å². The van der Waals surface area contributed by atoms with Crippen molar-refractivity contribution in [2.75, 3.05) is 6.61 Å². The van der Waals surface area contributed by atoms with E-state index in [1.807, 2.05) is 24.3 Å². The highest BCUT2D eigenvalue weighted by Crippen LogP contribution is 2.24. The van der Waals surface area contributed by atoms with Crippen LogP contribution in [0.15, 0.2) is 65.8 Å². The van der Waals surface area contributed by atoms with Gasteiger partial charge < -0.3 is 14.9 Å². The number of benzene rings is 3. The zero-order valence-electron chi connectivity index (χ0n) is 14.1. The molecule has 0 radical (unpaired) electrons. The summed E-state index contributed by atoms with van der Waals surface area (Å²) in [6.07, 6.45) is 1.43. The molecule has 7 heteroatoms. The standard InChI is InChI=1S/C20H16N2O5/c23-18-10-15-4-2-1-3-14(15)9-17(18)20(26)22-21-11-13-5-7-16(8-6-13)27-12-19(24)25/h1-11,23H,12H2,(H,22,26)(H,24,25). The molecule has 3 rings (SSSR count). The van der Waals surface area contributed by atoms with E-state index in [9.17, 15) is 14.7 Å². The van der Waals surface area contributed by atoms with Crippen LogP contribution in [0, 0.1) is 0 Å². The van der Waals surface area contributed by atoms with Gasteiger partial charge in [0, 0.05) is 0 Å². The van der Waals surface area contributed by atoms with E-state index < -0.39 is 18.5 Å². The molecule has 0 bridgehead atoms. The van der Waals surface area contributed by atoms with Gasteiger partial charge in [0.2, 0.25) is 0 Å². The van der Waals surface area contributed by atoms with E-state index in [2.05, 4.69) is 10.5 Å². The summed E-state index contributed by atoms with van der Waals surface area (Å²) >= 11 is 0. The highest BCUT2D eigenvalue weighted by Gasteiger charge is 2.11. The number of carboxylic acids is 1. The molecule has 0 fully saturated rings. The molecule has 0 aromatic heterocycles. The van der Waals surface area contributed by atoms with Crippen LogP contribution >= 0.6 is 0 Å². The summed E-state index contributed by atoms with van der Waals surface area (Å²) in [6, 6.07) is 17.1. The van der Waals surface area contributed by atoms with Crippen LogP contribution in [0.4, 0.5) is 0 Å². The van der Waals surface area contributed by atoms with Crippen molar-refractivity contribution in [3.8, 4) is 11.5 Å². The van der Waals surface area contributed by atoms with E-state index in [0.29, 0.717) is 11.3 Å². The predicted octanol–water partition coefficient (Wildman–Crippen LogP) is 2.77. The summed E-state index contributed by atoms with van der Waals surface area (Å²) in [5.41, 5.74) is 3.18. The van der Waals surface area contributed by atoms with Crippen molar-refractivity contribution < 1.29 is 24.5 Å². The lowest BCUT2D eigenvalue weighted by molar-refractivity contribution is -0.139. The Morgan fingerprint density at radius 2 is 1.70 bits per heavy atom. The summed E-state index contributed by atoms with van der Waals surface area (Å²) in [5, 5.41) is 24.2. The summed E-state index contributed by atoms with van der Waals surface area (Å²) in [6.45, 7) is -0.418. The number of phenols is 1. The smallest absolute Gasteiger partial charge is 0.341 e. The minimum Gasteiger partial charge on any atom is -0.507 e. The predicted molar refractivity (Wildman–Crippen MR) is 100 cm³/mol. The van der Waals surface area contributed by atoms with Gasteiger partial charge in [-0.05, 0) is 52.7 Å². The lowest BCUT2D eigenvalue weighted by Gasteiger charge is -2.06. The van der Waals surface area contributed by atoms with Gasteiger partial charge in [-0.1, -0.05) is 24.3 Å². The second kappa shape index (κ2) is 8.01. The molecule has 0 aliphatic heterocycles. The van der Waals surface area contributed by atoms with Gasteiger partial charge in [0.15, 0.2) is 6.61 Å². The highest BCUT2D eigenvalue weighted by atomic mass is 16.5. The van der Waals surface area contributed by atoms with Gasteiger partial charge in [0.05, 0.1) is 11.8 Å². The molecule has 1 amide bonds. The number of phenolic OH excluding ortho intramolecular Hbond substituents is 1. The van der Waals surface area contributed by atoms with Crippen LogP contribution in [-0.2, 0) is 4.79 Å². The first-order valence-electron chi connectivity index (χ1n) is 8.03. The number of hydrogen-bond acceptors (Lipinski definition) is 5. The van der Waals surface area contributed by atoms with E-state index in [-0.39, 0.29) is 11.3 Å². The first-order chi connectivity index (χ1) is 13.0. The van der Waals surface area contributed by atoms with E-state index in [1.54, 1.807) is 30.3 Å². The monoisotopic (exact) mass is 364 g/mol. The normalized spacial score (nSPS) is 10.8. The lowest BCUT2D eigenvalue weighted by Crippen LogP contribution is -2.17. The van der Waals surface area contributed by atoms with E-state index in [4.69, 9.17) is 9.84 Å². The summed E-state index contributed by atoms with van der Waals surface area (Å²) in [5.74, 6) is -1.29.